The van der Waals surface area contributed by atoms with Crippen molar-refractivity contribution in [3.63, 3.8) is 0 Å². The Morgan fingerprint density at radius 2 is 2.06 bits per heavy atom. The van der Waals surface area contributed by atoms with Gasteiger partial charge in [0.15, 0.2) is 0 Å². The molecule has 0 saturated carbocycles. The molecule has 1 aromatic rings. The number of pyridine rings is 1. The summed E-state index contributed by atoms with van der Waals surface area (Å²) in [5, 5.41) is 8.74. The molecule has 0 aliphatic rings. The Kier molecular flexibility index (Phi) is 3.44. The Balaban J connectivity index is 2.94. The summed E-state index contributed by atoms with van der Waals surface area (Å²) in [5.74, 6) is -1.64. The Bertz CT molecular complexity index is 466. The highest BCUT2D eigenvalue weighted by Gasteiger charge is 2.22. The van der Waals surface area contributed by atoms with Crippen LogP contribution < -0.4 is 5.56 Å². The van der Waals surface area contributed by atoms with E-state index in [-0.39, 0.29) is 5.69 Å². The van der Waals surface area contributed by atoms with Crippen molar-refractivity contribution in [3.05, 3.63) is 34.2 Å². The molecule has 6 heteroatoms. The highest BCUT2D eigenvalue weighted by atomic mass is 16.4. The zero-order valence-electron chi connectivity index (χ0n) is 8.93. The molecule has 1 aromatic heterocycles. The minimum Gasteiger partial charge on any atom is -0.480 e. The second-order valence-electron chi connectivity index (χ2n) is 3.36. The number of aromatic amines is 1. The van der Waals surface area contributed by atoms with Crippen LogP contribution in [0.2, 0.25) is 0 Å². The molecule has 1 heterocycles. The smallest absolute Gasteiger partial charge is 0.326 e. The number of hydrogen-bond acceptors (Lipinski definition) is 3. The molecule has 1 atom stereocenters. The molecule has 0 saturated heterocycles. The monoisotopic (exact) mass is 224 g/mol. The molecule has 0 aromatic carbocycles. The fourth-order valence-electron chi connectivity index (χ4n) is 1.10. The predicted molar refractivity (Wildman–Crippen MR) is 56.3 cm³/mol. The van der Waals surface area contributed by atoms with E-state index in [0.29, 0.717) is 0 Å². The van der Waals surface area contributed by atoms with Crippen LogP contribution in [0.3, 0.4) is 0 Å². The first-order valence-corrected chi connectivity index (χ1v) is 4.63. The molecule has 16 heavy (non-hydrogen) atoms. The van der Waals surface area contributed by atoms with E-state index < -0.39 is 23.5 Å². The summed E-state index contributed by atoms with van der Waals surface area (Å²) < 4.78 is 0. The van der Waals surface area contributed by atoms with Gasteiger partial charge in [0.2, 0.25) is 5.56 Å². The molecule has 0 aliphatic heterocycles. The highest BCUT2D eigenvalue weighted by molar-refractivity contribution is 5.94. The molecule has 0 bridgehead atoms. The van der Waals surface area contributed by atoms with E-state index in [2.05, 4.69) is 4.98 Å². The summed E-state index contributed by atoms with van der Waals surface area (Å²) in [6.45, 7) is 1.39. The number of H-pyrrole nitrogens is 1. The minimum absolute atomic E-state index is 0.0723. The SMILES string of the molecule is CC(C(=O)O)N(C)C(=O)c1cccc(=O)[nH]1. The topological polar surface area (TPSA) is 90.5 Å². The molecule has 1 rings (SSSR count). The van der Waals surface area contributed by atoms with Crippen LogP contribution in [-0.4, -0.2) is 40.0 Å². The number of carboxylic acid groups (broad SMARTS) is 1. The molecule has 0 fully saturated rings. The Morgan fingerprint density at radius 3 is 2.56 bits per heavy atom. The van der Waals surface area contributed by atoms with Crippen molar-refractivity contribution in [2.24, 2.45) is 0 Å². The summed E-state index contributed by atoms with van der Waals surface area (Å²) >= 11 is 0. The van der Waals surface area contributed by atoms with Gasteiger partial charge in [-0.1, -0.05) is 6.07 Å². The van der Waals surface area contributed by atoms with Crippen LogP contribution in [0.25, 0.3) is 0 Å². The van der Waals surface area contributed by atoms with E-state index in [1.54, 1.807) is 0 Å². The van der Waals surface area contributed by atoms with Gasteiger partial charge in [0.05, 0.1) is 0 Å². The Hall–Kier alpha value is -2.11. The molecule has 6 nitrogen and oxygen atoms in total. The largest absolute Gasteiger partial charge is 0.480 e. The number of likely N-dealkylation sites (N-methyl/N-ethyl adjacent to an activating group) is 1. The quantitative estimate of drug-likeness (QED) is 0.751. The number of amides is 1. The number of aromatic nitrogens is 1. The van der Waals surface area contributed by atoms with Gasteiger partial charge in [0, 0.05) is 13.1 Å². The fraction of sp³-hybridized carbons (Fsp3) is 0.300. The fourth-order valence-corrected chi connectivity index (χ4v) is 1.10. The van der Waals surface area contributed by atoms with Crippen molar-refractivity contribution in [1.29, 1.82) is 0 Å². The van der Waals surface area contributed by atoms with Crippen molar-refractivity contribution in [1.82, 2.24) is 9.88 Å². The van der Waals surface area contributed by atoms with Crippen molar-refractivity contribution in [2.75, 3.05) is 7.05 Å². The number of aliphatic carboxylic acids is 1. The normalized spacial score (nSPS) is 11.9. The first kappa shape index (κ1) is 12.0. The first-order valence-electron chi connectivity index (χ1n) is 4.63. The number of carbonyl (C=O) groups is 2. The van der Waals surface area contributed by atoms with Crippen LogP contribution in [0.4, 0.5) is 0 Å². The summed E-state index contributed by atoms with van der Waals surface area (Å²) in [6, 6.07) is 3.19. The van der Waals surface area contributed by atoms with Gasteiger partial charge in [0.1, 0.15) is 11.7 Å². The van der Waals surface area contributed by atoms with Crippen LogP contribution in [0, 0.1) is 0 Å². The van der Waals surface area contributed by atoms with Crippen LogP contribution >= 0.6 is 0 Å². The zero-order valence-corrected chi connectivity index (χ0v) is 8.93. The molecule has 1 amide bonds. The van der Waals surface area contributed by atoms with Crippen LogP contribution in [0.5, 0.6) is 0 Å². The maximum Gasteiger partial charge on any atom is 0.326 e. The highest BCUT2D eigenvalue weighted by Crippen LogP contribution is 2.02. The summed E-state index contributed by atoms with van der Waals surface area (Å²) in [4.78, 5) is 36.8. The summed E-state index contributed by atoms with van der Waals surface area (Å²) in [6.07, 6.45) is 0. The van der Waals surface area contributed by atoms with Gasteiger partial charge in [-0.3, -0.25) is 9.59 Å². The van der Waals surface area contributed by atoms with Gasteiger partial charge in [-0.05, 0) is 13.0 Å². The lowest BCUT2D eigenvalue weighted by Crippen LogP contribution is -2.40. The third-order valence-corrected chi connectivity index (χ3v) is 2.26. The van der Waals surface area contributed by atoms with Gasteiger partial charge in [-0.2, -0.15) is 0 Å². The molecule has 0 spiro atoms. The summed E-state index contributed by atoms with van der Waals surface area (Å²) in [7, 11) is 1.37. The number of nitrogens with one attached hydrogen (secondary N) is 1. The van der Waals surface area contributed by atoms with Gasteiger partial charge >= 0.3 is 5.97 Å². The number of carbonyl (C=O) groups excluding carboxylic acids is 1. The van der Waals surface area contributed by atoms with Crippen LogP contribution in [-0.2, 0) is 4.79 Å². The standard InChI is InChI=1S/C10H12N2O4/c1-6(10(15)16)12(2)9(14)7-4-3-5-8(13)11-7/h3-6H,1-2H3,(H,11,13)(H,15,16). The van der Waals surface area contributed by atoms with E-state index in [1.165, 1.54) is 32.2 Å². The number of nitrogens with zero attached hydrogens (tertiary/aromatic N) is 1. The lowest BCUT2D eigenvalue weighted by Gasteiger charge is -2.20. The van der Waals surface area contributed by atoms with Crippen molar-refractivity contribution in [3.8, 4) is 0 Å². The third kappa shape index (κ3) is 2.47. The Labute approximate surface area is 91.5 Å². The first-order chi connectivity index (χ1) is 7.43. The summed E-state index contributed by atoms with van der Waals surface area (Å²) in [5.41, 5.74) is -0.328. The minimum atomic E-state index is -1.10. The molecule has 86 valence electrons. The molecular formula is C10H12N2O4. The molecule has 0 aliphatic carbocycles. The molecule has 2 N–H and O–H groups in total. The average Bonchev–Trinajstić information content (AvgIpc) is 2.26. The van der Waals surface area contributed by atoms with Crippen molar-refractivity contribution >= 4 is 11.9 Å². The average molecular weight is 224 g/mol. The molecule has 0 radical (unpaired) electrons. The van der Waals surface area contributed by atoms with E-state index in [1.807, 2.05) is 0 Å². The van der Waals surface area contributed by atoms with E-state index in [4.69, 9.17) is 5.11 Å². The maximum atomic E-state index is 11.7. The van der Waals surface area contributed by atoms with E-state index in [9.17, 15) is 14.4 Å². The van der Waals surface area contributed by atoms with Gasteiger partial charge < -0.3 is 15.0 Å². The third-order valence-electron chi connectivity index (χ3n) is 2.26. The molecule has 1 unspecified atom stereocenters. The van der Waals surface area contributed by atoms with Gasteiger partial charge in [-0.15, -0.1) is 0 Å². The van der Waals surface area contributed by atoms with Crippen molar-refractivity contribution in [2.45, 2.75) is 13.0 Å². The van der Waals surface area contributed by atoms with Crippen LogP contribution in [0.1, 0.15) is 17.4 Å². The lowest BCUT2D eigenvalue weighted by molar-refractivity contribution is -0.141. The van der Waals surface area contributed by atoms with Gasteiger partial charge in [0.25, 0.3) is 5.91 Å². The lowest BCUT2D eigenvalue weighted by atomic mass is 10.2. The second-order valence-corrected chi connectivity index (χ2v) is 3.36. The van der Waals surface area contributed by atoms with Crippen LogP contribution in [0.15, 0.2) is 23.0 Å². The van der Waals surface area contributed by atoms with E-state index >= 15 is 0 Å². The zero-order chi connectivity index (χ0) is 12.3. The second kappa shape index (κ2) is 4.61. The maximum absolute atomic E-state index is 11.7. The number of rotatable bonds is 3. The van der Waals surface area contributed by atoms with E-state index in [0.717, 1.165) is 4.90 Å². The van der Waals surface area contributed by atoms with Gasteiger partial charge in [-0.25, -0.2) is 4.79 Å². The Morgan fingerprint density at radius 1 is 1.44 bits per heavy atom. The molecular weight excluding hydrogens is 212 g/mol. The number of carboxylic acids is 1. The number of hydrogen-bond donors (Lipinski definition) is 2. The predicted octanol–water partition coefficient (Wildman–Crippen LogP) is -0.0800. The van der Waals surface area contributed by atoms with Crippen molar-refractivity contribution < 1.29 is 14.7 Å².